The molecule has 208 valence electrons. The number of fused-ring (bicyclic) bond motifs is 2. The molecule has 0 radical (unpaired) electrons. The number of urea groups is 1. The van der Waals surface area contributed by atoms with Gasteiger partial charge in [-0.1, -0.05) is 35.5 Å². The predicted molar refractivity (Wildman–Crippen MR) is 149 cm³/mol. The smallest absolute Gasteiger partial charge is 0.328 e. The summed E-state index contributed by atoms with van der Waals surface area (Å²) < 4.78 is 0. The van der Waals surface area contributed by atoms with Crippen LogP contribution in [-0.2, 0) is 9.59 Å². The third kappa shape index (κ3) is 7.90. The largest absolute Gasteiger partial charge is 0.545 e. The number of carbonyl (C=O) groups is 3. The number of nitrogens with zero attached hydrogens (tertiary/aromatic N) is 3. The van der Waals surface area contributed by atoms with Crippen molar-refractivity contribution in [1.29, 1.82) is 0 Å². The summed E-state index contributed by atoms with van der Waals surface area (Å²) in [6, 6.07) is 15.1. The van der Waals surface area contributed by atoms with E-state index in [1.54, 1.807) is 4.90 Å². The summed E-state index contributed by atoms with van der Waals surface area (Å²) in [5.74, 6) is -2.80. The third-order valence-electron chi connectivity index (χ3n) is 6.98. The second-order valence-corrected chi connectivity index (χ2v) is 11.2. The normalized spacial score (nSPS) is 16.9. The molecule has 0 aliphatic carbocycles. The van der Waals surface area contributed by atoms with Crippen molar-refractivity contribution >= 4 is 52.7 Å². The first-order valence-electron chi connectivity index (χ1n) is 13.1. The summed E-state index contributed by atoms with van der Waals surface area (Å²) in [5, 5.41) is 18.0. The molecule has 2 aromatic rings. The van der Waals surface area contributed by atoms with Gasteiger partial charge in [0.15, 0.2) is 0 Å². The molecule has 0 atom stereocenters. The molecule has 39 heavy (non-hydrogen) atoms. The topological polar surface area (TPSA) is 109 Å². The summed E-state index contributed by atoms with van der Waals surface area (Å²) in [6.45, 7) is 7.85. The molecular formula is C28H33ClN4O5S. The minimum atomic E-state index is -1.51. The maximum Gasteiger partial charge on any atom is 0.328 e. The number of hydrogen-bond donors (Lipinski definition) is 2. The number of anilines is 2. The van der Waals surface area contributed by atoms with E-state index in [-0.39, 0.29) is 6.03 Å². The molecule has 2 aromatic carbocycles. The van der Waals surface area contributed by atoms with Gasteiger partial charge in [0.25, 0.3) is 0 Å². The lowest BCUT2D eigenvalue weighted by Crippen LogP contribution is -3.15. The van der Waals surface area contributed by atoms with E-state index in [9.17, 15) is 19.5 Å². The van der Waals surface area contributed by atoms with Gasteiger partial charge < -0.3 is 34.6 Å². The molecule has 5 rings (SSSR count). The van der Waals surface area contributed by atoms with Gasteiger partial charge in [-0.15, -0.1) is 0 Å². The number of rotatable bonds is 6. The highest BCUT2D eigenvalue weighted by atomic mass is 35.5. The first-order chi connectivity index (χ1) is 18.8. The first-order valence-corrected chi connectivity index (χ1v) is 14.3. The molecule has 2 amide bonds. The van der Waals surface area contributed by atoms with Gasteiger partial charge in [0, 0.05) is 46.9 Å². The molecule has 0 unspecified atom stereocenters. The number of hydrogen-bond acceptors (Lipinski definition) is 6. The van der Waals surface area contributed by atoms with Crippen LogP contribution in [0.3, 0.4) is 0 Å². The summed E-state index contributed by atoms with van der Waals surface area (Å²) >= 11 is 8.16. The van der Waals surface area contributed by atoms with Gasteiger partial charge in [-0.2, -0.15) is 0 Å². The average Bonchev–Trinajstić information content (AvgIpc) is 3.47. The molecule has 0 saturated carbocycles. The van der Waals surface area contributed by atoms with Crippen LogP contribution < -0.4 is 14.9 Å². The Kier molecular flexibility index (Phi) is 10.1. The molecule has 11 heteroatoms. The van der Waals surface area contributed by atoms with Crippen molar-refractivity contribution in [1.82, 2.24) is 9.80 Å². The number of benzene rings is 2. The zero-order valence-electron chi connectivity index (χ0n) is 21.7. The van der Waals surface area contributed by atoms with E-state index < -0.39 is 11.9 Å². The van der Waals surface area contributed by atoms with Gasteiger partial charge in [0.05, 0.1) is 50.1 Å². The Labute approximate surface area is 237 Å². The lowest BCUT2D eigenvalue weighted by atomic mass is 10.2. The molecule has 3 aliphatic rings. The molecule has 3 aliphatic heterocycles. The number of carboxylic acids is 2. The molecule has 2 saturated heterocycles. The Morgan fingerprint density at radius 1 is 0.949 bits per heavy atom. The highest BCUT2D eigenvalue weighted by Gasteiger charge is 2.29. The average molecular weight is 573 g/mol. The van der Waals surface area contributed by atoms with E-state index in [1.807, 2.05) is 22.7 Å². The maximum atomic E-state index is 12.6. The van der Waals surface area contributed by atoms with Crippen LogP contribution in [-0.4, -0.2) is 85.2 Å². The van der Waals surface area contributed by atoms with Crippen LogP contribution in [0.15, 0.2) is 64.4 Å². The van der Waals surface area contributed by atoms with Crippen LogP contribution in [0.25, 0.3) is 0 Å². The molecular weight excluding hydrogens is 540 g/mol. The van der Waals surface area contributed by atoms with Crippen LogP contribution in [0.2, 0.25) is 5.02 Å². The number of piperazine rings is 1. The van der Waals surface area contributed by atoms with Crippen molar-refractivity contribution in [2.75, 3.05) is 57.3 Å². The fraction of sp³-hybridized carbons (Fsp3) is 0.393. The number of amides is 2. The zero-order chi connectivity index (χ0) is 27.8. The molecule has 3 heterocycles. The van der Waals surface area contributed by atoms with Crippen LogP contribution in [0, 0.1) is 0 Å². The number of quaternary nitrogens is 1. The van der Waals surface area contributed by atoms with Crippen molar-refractivity contribution < 1.29 is 29.5 Å². The quantitative estimate of drug-likeness (QED) is 0.511. The highest BCUT2D eigenvalue weighted by molar-refractivity contribution is 7.99. The van der Waals surface area contributed by atoms with Crippen molar-refractivity contribution in [3.05, 3.63) is 59.6 Å². The Hall–Kier alpha value is -3.21. The minimum Gasteiger partial charge on any atom is -0.545 e. The Morgan fingerprint density at radius 2 is 1.62 bits per heavy atom. The van der Waals surface area contributed by atoms with Gasteiger partial charge in [-0.05, 0) is 49.2 Å². The van der Waals surface area contributed by atoms with E-state index in [0.717, 1.165) is 76.6 Å². The Morgan fingerprint density at radius 3 is 2.28 bits per heavy atom. The molecule has 0 bridgehead atoms. The highest BCUT2D eigenvalue weighted by Crippen LogP contribution is 2.48. The van der Waals surface area contributed by atoms with Gasteiger partial charge in [-0.25, -0.2) is 9.59 Å². The zero-order valence-corrected chi connectivity index (χ0v) is 23.3. The Balaban J connectivity index is 0.000000386. The van der Waals surface area contributed by atoms with E-state index >= 15 is 0 Å². The van der Waals surface area contributed by atoms with Crippen LogP contribution in [0.4, 0.5) is 16.2 Å². The lowest BCUT2D eigenvalue weighted by molar-refractivity contribution is -0.904. The van der Waals surface area contributed by atoms with Crippen LogP contribution >= 0.6 is 23.4 Å². The number of aliphatic carboxylic acids is 2. The van der Waals surface area contributed by atoms with Crippen molar-refractivity contribution in [3.63, 3.8) is 0 Å². The van der Waals surface area contributed by atoms with Crippen molar-refractivity contribution in [2.45, 2.75) is 29.1 Å². The van der Waals surface area contributed by atoms with Gasteiger partial charge in [-0.3, -0.25) is 0 Å². The second kappa shape index (κ2) is 13.7. The van der Waals surface area contributed by atoms with E-state index in [1.165, 1.54) is 21.2 Å². The fourth-order valence-corrected chi connectivity index (χ4v) is 6.28. The van der Waals surface area contributed by atoms with Crippen molar-refractivity contribution in [3.8, 4) is 0 Å². The minimum absolute atomic E-state index is 0.257. The maximum absolute atomic E-state index is 12.6. The molecule has 9 nitrogen and oxygen atoms in total. The predicted octanol–water partition coefficient (Wildman–Crippen LogP) is 2.13. The summed E-state index contributed by atoms with van der Waals surface area (Å²) in [6.07, 6.45) is 4.37. The van der Waals surface area contributed by atoms with Gasteiger partial charge >= 0.3 is 12.0 Å². The first kappa shape index (κ1) is 28.8. The number of carboxylic acid groups (broad SMARTS) is 2. The standard InChI is InChI=1S/C24H29ClN4OS.C4H4O4/c25-19-8-9-23-21(18-19)29(20-6-1-2-7-22(20)31-23)13-5-10-26-14-16-28(17-15-26)24(30)27-11-3-4-12-27;5-3(6)1-2-4(7)8/h1-2,6-9,18H,3-5,10-17H2;1-2H,(H,5,6)(H,7,8)/b;2-1+. The Bertz CT molecular complexity index is 1200. The van der Waals surface area contributed by atoms with E-state index in [2.05, 4.69) is 46.2 Å². The van der Waals surface area contributed by atoms with Crippen LogP contribution in [0.5, 0.6) is 0 Å². The van der Waals surface area contributed by atoms with Crippen LogP contribution in [0.1, 0.15) is 19.3 Å². The monoisotopic (exact) mass is 572 g/mol. The third-order valence-corrected chi connectivity index (χ3v) is 8.34. The summed E-state index contributed by atoms with van der Waals surface area (Å²) in [7, 11) is 0. The van der Waals surface area contributed by atoms with E-state index in [4.69, 9.17) is 16.7 Å². The number of halogens is 1. The molecule has 0 spiro atoms. The number of carbonyl (C=O) groups excluding carboxylic acids is 2. The van der Waals surface area contributed by atoms with E-state index in [0.29, 0.717) is 12.2 Å². The van der Waals surface area contributed by atoms with Crippen molar-refractivity contribution in [2.24, 2.45) is 0 Å². The number of likely N-dealkylation sites (tertiary alicyclic amines) is 1. The SMILES string of the molecule is O=C(N1CCCC1)N1CC[NH+](CCCN2c3ccccc3Sc3ccc(Cl)cc32)CC1.O=C([O-])/C=C/C(=O)O. The summed E-state index contributed by atoms with van der Waals surface area (Å²) in [4.78, 5) is 42.3. The number of nitrogens with one attached hydrogen (secondary N) is 1. The lowest BCUT2D eigenvalue weighted by Gasteiger charge is -2.35. The van der Waals surface area contributed by atoms with Gasteiger partial charge in [0.1, 0.15) is 0 Å². The second-order valence-electron chi connectivity index (χ2n) is 9.64. The van der Waals surface area contributed by atoms with Gasteiger partial charge in [0.2, 0.25) is 0 Å². The summed E-state index contributed by atoms with van der Waals surface area (Å²) in [5.41, 5.74) is 2.49. The molecule has 0 aromatic heterocycles. The molecule has 2 N–H and O–H groups in total. The molecule has 2 fully saturated rings. The fourth-order valence-electron chi connectivity index (χ4n) is 5.04. The number of para-hydroxylation sites is 1.